The molecule has 1 aliphatic rings. The fourth-order valence-corrected chi connectivity index (χ4v) is 2.08. The van der Waals surface area contributed by atoms with E-state index in [4.69, 9.17) is 14.2 Å². The van der Waals surface area contributed by atoms with E-state index in [0.29, 0.717) is 37.8 Å². The first-order valence-corrected chi connectivity index (χ1v) is 7.01. The maximum absolute atomic E-state index is 12.0. The van der Waals surface area contributed by atoms with Gasteiger partial charge in [-0.25, -0.2) is 0 Å². The topological polar surface area (TPSA) is 65.1 Å². The molecule has 6 nitrogen and oxygen atoms in total. The predicted molar refractivity (Wildman–Crippen MR) is 80.7 cm³/mol. The molecule has 6 heteroatoms. The van der Waals surface area contributed by atoms with Crippen molar-refractivity contribution in [3.8, 4) is 11.5 Å². The Balaban J connectivity index is 2.07. The first-order valence-electron chi connectivity index (χ1n) is 7.01. The summed E-state index contributed by atoms with van der Waals surface area (Å²) in [5, 5.41) is 0. The largest absolute Gasteiger partial charge is 0.493 e. The molecule has 1 heterocycles. The fourth-order valence-electron chi connectivity index (χ4n) is 2.08. The minimum atomic E-state index is -0.413. The van der Waals surface area contributed by atoms with Gasteiger partial charge in [-0.05, 0) is 23.8 Å². The summed E-state index contributed by atoms with van der Waals surface area (Å²) in [6.07, 6.45) is 3.23. The van der Waals surface area contributed by atoms with Gasteiger partial charge in [0.25, 0.3) is 0 Å². The number of ether oxygens (including phenoxy) is 3. The van der Waals surface area contributed by atoms with Crippen LogP contribution in [0.2, 0.25) is 0 Å². The highest BCUT2D eigenvalue weighted by atomic mass is 16.6. The van der Waals surface area contributed by atoms with Crippen molar-refractivity contribution in [3.05, 3.63) is 29.8 Å². The second-order valence-electron chi connectivity index (χ2n) is 4.77. The number of nitrogens with zero attached hydrogens (tertiary/aromatic N) is 1. The van der Waals surface area contributed by atoms with Crippen molar-refractivity contribution in [2.75, 3.05) is 33.4 Å². The number of hydrogen-bond acceptors (Lipinski definition) is 5. The lowest BCUT2D eigenvalue weighted by atomic mass is 10.2. The van der Waals surface area contributed by atoms with Gasteiger partial charge in [0.05, 0.1) is 20.3 Å². The average molecular weight is 305 g/mol. The van der Waals surface area contributed by atoms with Crippen molar-refractivity contribution in [1.29, 1.82) is 0 Å². The van der Waals surface area contributed by atoms with Gasteiger partial charge < -0.3 is 19.1 Å². The predicted octanol–water partition coefficient (Wildman–Crippen LogP) is 1.49. The highest BCUT2D eigenvalue weighted by Gasteiger charge is 2.14. The Morgan fingerprint density at radius 3 is 2.59 bits per heavy atom. The van der Waals surface area contributed by atoms with Crippen molar-refractivity contribution in [1.82, 2.24) is 4.90 Å². The molecule has 1 aliphatic heterocycles. The molecule has 0 radical (unpaired) electrons. The Morgan fingerprint density at radius 1 is 1.23 bits per heavy atom. The third-order valence-corrected chi connectivity index (χ3v) is 3.18. The molecule has 1 aromatic rings. The fraction of sp³-hybridized carbons (Fsp3) is 0.375. The lowest BCUT2D eigenvalue weighted by Crippen LogP contribution is -2.39. The van der Waals surface area contributed by atoms with E-state index in [1.807, 2.05) is 0 Å². The second-order valence-corrected chi connectivity index (χ2v) is 4.77. The van der Waals surface area contributed by atoms with Gasteiger partial charge in [0.1, 0.15) is 0 Å². The van der Waals surface area contributed by atoms with Gasteiger partial charge in [-0.2, -0.15) is 0 Å². The van der Waals surface area contributed by atoms with E-state index in [9.17, 15) is 9.59 Å². The van der Waals surface area contributed by atoms with E-state index in [0.717, 1.165) is 5.56 Å². The molecule has 0 aromatic heterocycles. The van der Waals surface area contributed by atoms with Gasteiger partial charge >= 0.3 is 5.97 Å². The van der Waals surface area contributed by atoms with Crippen molar-refractivity contribution >= 4 is 18.0 Å². The molecule has 118 valence electrons. The molecule has 0 aliphatic carbocycles. The number of amides is 1. The number of rotatable bonds is 4. The van der Waals surface area contributed by atoms with Crippen molar-refractivity contribution in [3.63, 3.8) is 0 Å². The number of hydrogen-bond donors (Lipinski definition) is 0. The standard InChI is InChI=1S/C16H19NO5/c1-12(18)22-14-5-3-13(11-15(14)20-2)4-6-16(19)17-7-9-21-10-8-17/h3-6,11H,7-10H2,1-2H3. The maximum Gasteiger partial charge on any atom is 0.308 e. The first-order chi connectivity index (χ1) is 10.6. The number of carbonyl (C=O) groups is 2. The summed E-state index contributed by atoms with van der Waals surface area (Å²) >= 11 is 0. The molecule has 0 atom stereocenters. The van der Waals surface area contributed by atoms with Crippen LogP contribution < -0.4 is 9.47 Å². The van der Waals surface area contributed by atoms with E-state index >= 15 is 0 Å². The molecular formula is C16H19NO5. The zero-order chi connectivity index (χ0) is 15.9. The van der Waals surface area contributed by atoms with Crippen molar-refractivity contribution in [2.24, 2.45) is 0 Å². The number of esters is 1. The molecule has 1 amide bonds. The van der Waals surface area contributed by atoms with Crippen LogP contribution in [0.4, 0.5) is 0 Å². The Kier molecular flexibility index (Phi) is 5.55. The van der Waals surface area contributed by atoms with Crippen LogP contribution in [0.3, 0.4) is 0 Å². The van der Waals surface area contributed by atoms with Gasteiger partial charge in [0.15, 0.2) is 11.5 Å². The summed E-state index contributed by atoms with van der Waals surface area (Å²) in [5.41, 5.74) is 0.786. The quantitative estimate of drug-likeness (QED) is 0.479. The molecule has 0 saturated carbocycles. The van der Waals surface area contributed by atoms with Crippen LogP contribution in [0.1, 0.15) is 12.5 Å². The molecule has 0 N–H and O–H groups in total. The maximum atomic E-state index is 12.0. The van der Waals surface area contributed by atoms with Gasteiger partial charge in [-0.3, -0.25) is 9.59 Å². The number of carbonyl (C=O) groups excluding carboxylic acids is 2. The van der Waals surface area contributed by atoms with E-state index in [-0.39, 0.29) is 5.91 Å². The molecule has 1 aromatic carbocycles. The zero-order valence-electron chi connectivity index (χ0n) is 12.7. The summed E-state index contributed by atoms with van der Waals surface area (Å²) in [7, 11) is 1.49. The summed E-state index contributed by atoms with van der Waals surface area (Å²) in [5.74, 6) is 0.332. The van der Waals surface area contributed by atoms with Gasteiger partial charge in [-0.1, -0.05) is 6.07 Å². The Labute approximate surface area is 129 Å². The molecular weight excluding hydrogens is 286 g/mol. The molecule has 1 saturated heterocycles. The first kappa shape index (κ1) is 16.0. The Morgan fingerprint density at radius 2 is 1.95 bits per heavy atom. The lowest BCUT2D eigenvalue weighted by molar-refractivity contribution is -0.132. The summed E-state index contributed by atoms with van der Waals surface area (Å²) in [4.78, 5) is 24.8. The van der Waals surface area contributed by atoms with Crippen LogP contribution in [0.25, 0.3) is 6.08 Å². The smallest absolute Gasteiger partial charge is 0.308 e. The molecule has 1 fully saturated rings. The SMILES string of the molecule is COc1cc(C=CC(=O)N2CCOCC2)ccc1OC(C)=O. The van der Waals surface area contributed by atoms with Crippen LogP contribution in [-0.4, -0.2) is 50.2 Å². The lowest BCUT2D eigenvalue weighted by Gasteiger charge is -2.25. The highest BCUT2D eigenvalue weighted by molar-refractivity contribution is 5.92. The van der Waals surface area contributed by atoms with Gasteiger partial charge in [0, 0.05) is 26.1 Å². The summed E-state index contributed by atoms with van der Waals surface area (Å²) in [6.45, 7) is 3.69. The molecule has 22 heavy (non-hydrogen) atoms. The van der Waals surface area contributed by atoms with Gasteiger partial charge in [-0.15, -0.1) is 0 Å². The minimum Gasteiger partial charge on any atom is -0.493 e. The van der Waals surface area contributed by atoms with E-state index in [1.54, 1.807) is 29.2 Å². The molecule has 0 bridgehead atoms. The van der Waals surface area contributed by atoms with Crippen LogP contribution in [0, 0.1) is 0 Å². The van der Waals surface area contributed by atoms with Crippen LogP contribution in [-0.2, 0) is 14.3 Å². The van der Waals surface area contributed by atoms with E-state index in [2.05, 4.69) is 0 Å². The Bertz CT molecular complexity index is 576. The second kappa shape index (κ2) is 7.61. The van der Waals surface area contributed by atoms with Gasteiger partial charge in [0.2, 0.25) is 5.91 Å². The van der Waals surface area contributed by atoms with E-state index in [1.165, 1.54) is 20.1 Å². The third kappa shape index (κ3) is 4.33. The normalized spacial score (nSPS) is 14.9. The average Bonchev–Trinajstić information content (AvgIpc) is 2.54. The molecule has 0 unspecified atom stereocenters. The monoisotopic (exact) mass is 305 g/mol. The zero-order valence-corrected chi connectivity index (χ0v) is 12.7. The molecule has 0 spiro atoms. The summed E-state index contributed by atoms with van der Waals surface area (Å²) in [6, 6.07) is 5.10. The summed E-state index contributed by atoms with van der Waals surface area (Å²) < 4.78 is 15.4. The Hall–Kier alpha value is -2.34. The number of benzene rings is 1. The highest BCUT2D eigenvalue weighted by Crippen LogP contribution is 2.28. The van der Waals surface area contributed by atoms with Crippen molar-refractivity contribution in [2.45, 2.75) is 6.92 Å². The van der Waals surface area contributed by atoms with Crippen LogP contribution in [0.15, 0.2) is 24.3 Å². The van der Waals surface area contributed by atoms with Crippen LogP contribution in [0.5, 0.6) is 11.5 Å². The number of morpholine rings is 1. The minimum absolute atomic E-state index is 0.0497. The number of methoxy groups -OCH3 is 1. The van der Waals surface area contributed by atoms with E-state index < -0.39 is 5.97 Å². The molecule has 2 rings (SSSR count). The van der Waals surface area contributed by atoms with Crippen LogP contribution >= 0.6 is 0 Å². The van der Waals surface area contributed by atoms with Crippen molar-refractivity contribution < 1.29 is 23.8 Å². The third-order valence-electron chi connectivity index (χ3n) is 3.18.